The summed E-state index contributed by atoms with van der Waals surface area (Å²) in [6.45, 7) is 0.879. The normalized spacial score (nSPS) is 13.5. The number of anilines is 1. The lowest BCUT2D eigenvalue weighted by atomic mass is 10.3. The molecule has 0 aliphatic carbocycles. The third-order valence-corrected chi connectivity index (χ3v) is 5.46. The van der Waals surface area contributed by atoms with Crippen molar-refractivity contribution in [2.45, 2.75) is 4.90 Å². The molecule has 24 heavy (non-hydrogen) atoms. The van der Waals surface area contributed by atoms with Crippen LogP contribution in [0.5, 0.6) is 17.2 Å². The molecule has 9 heteroatoms. The fraction of sp³-hybridized carbons (Fsp3) is 0.200. The number of hydrogen-bond donors (Lipinski definition) is 1. The third-order valence-electron chi connectivity index (χ3n) is 3.26. The minimum absolute atomic E-state index is 0.0701. The minimum atomic E-state index is -3.91. The second-order valence-corrected chi connectivity index (χ2v) is 7.82. The van der Waals surface area contributed by atoms with Crippen molar-refractivity contribution in [2.24, 2.45) is 0 Å². The fourth-order valence-corrected chi connectivity index (χ4v) is 4.69. The maximum atomic E-state index is 12.7. The highest BCUT2D eigenvalue weighted by molar-refractivity contribution is 9.10. The van der Waals surface area contributed by atoms with Gasteiger partial charge in [-0.25, -0.2) is 8.42 Å². The topological polar surface area (TPSA) is 73.9 Å². The lowest BCUT2D eigenvalue weighted by Gasteiger charge is -2.19. The second kappa shape index (κ2) is 6.70. The van der Waals surface area contributed by atoms with Crippen LogP contribution in [0.4, 0.5) is 5.69 Å². The highest BCUT2D eigenvalue weighted by atomic mass is 79.9. The van der Waals surface area contributed by atoms with Crippen LogP contribution >= 0.6 is 27.5 Å². The van der Waals surface area contributed by atoms with Crippen LogP contribution in [0.25, 0.3) is 0 Å². The van der Waals surface area contributed by atoms with Crippen LogP contribution in [0.3, 0.4) is 0 Å². The van der Waals surface area contributed by atoms with Crippen LogP contribution in [-0.4, -0.2) is 28.7 Å². The standard InChI is InChI=1S/C15H13BrClNO5S/c1-21-15-11(16)6-9(17)7-14(15)24(19,20)18-10-2-3-12-13(8-10)23-5-4-22-12/h2-3,6-8,18H,4-5H2,1H3. The molecule has 0 saturated heterocycles. The molecule has 0 spiro atoms. The molecule has 0 bridgehead atoms. The zero-order valence-electron chi connectivity index (χ0n) is 12.5. The Balaban J connectivity index is 1.98. The largest absolute Gasteiger partial charge is 0.494 e. The number of ether oxygens (including phenoxy) is 3. The van der Waals surface area contributed by atoms with Gasteiger partial charge in [0, 0.05) is 11.1 Å². The van der Waals surface area contributed by atoms with Gasteiger partial charge in [0.1, 0.15) is 18.1 Å². The Morgan fingerprint density at radius 1 is 1.17 bits per heavy atom. The quantitative estimate of drug-likeness (QED) is 0.794. The average Bonchev–Trinajstić information content (AvgIpc) is 2.53. The Labute approximate surface area is 152 Å². The SMILES string of the molecule is COc1c(Br)cc(Cl)cc1S(=O)(=O)Nc1ccc2c(c1)OCCO2. The Hall–Kier alpha value is -1.64. The summed E-state index contributed by atoms with van der Waals surface area (Å²) in [4.78, 5) is -0.0701. The Morgan fingerprint density at radius 3 is 2.58 bits per heavy atom. The number of halogens is 2. The van der Waals surface area contributed by atoms with Crippen LogP contribution in [0.2, 0.25) is 5.02 Å². The molecule has 3 rings (SSSR count). The summed E-state index contributed by atoms with van der Waals surface area (Å²) >= 11 is 9.22. The first-order valence-electron chi connectivity index (χ1n) is 6.86. The molecule has 0 atom stereocenters. The molecular formula is C15H13BrClNO5S. The van der Waals surface area contributed by atoms with Crippen molar-refractivity contribution in [3.05, 3.63) is 39.8 Å². The summed E-state index contributed by atoms with van der Waals surface area (Å²) in [6, 6.07) is 7.70. The highest BCUT2D eigenvalue weighted by Crippen LogP contribution is 2.37. The van der Waals surface area contributed by atoms with Gasteiger partial charge in [-0.1, -0.05) is 11.6 Å². The van der Waals surface area contributed by atoms with Crippen molar-refractivity contribution in [3.63, 3.8) is 0 Å². The second-order valence-electron chi connectivity index (χ2n) is 4.88. The predicted octanol–water partition coefficient (Wildman–Crippen LogP) is 3.68. The minimum Gasteiger partial charge on any atom is -0.494 e. The van der Waals surface area contributed by atoms with Gasteiger partial charge in [-0.15, -0.1) is 0 Å². The van der Waals surface area contributed by atoms with Gasteiger partial charge in [-0.2, -0.15) is 0 Å². The number of sulfonamides is 1. The molecular weight excluding hydrogens is 422 g/mol. The third kappa shape index (κ3) is 3.40. The van der Waals surface area contributed by atoms with E-state index in [1.807, 2.05) is 0 Å². The molecule has 2 aromatic rings. The monoisotopic (exact) mass is 433 g/mol. The molecule has 6 nitrogen and oxygen atoms in total. The van der Waals surface area contributed by atoms with E-state index in [4.69, 9.17) is 25.8 Å². The van der Waals surface area contributed by atoms with Gasteiger partial charge in [-0.3, -0.25) is 4.72 Å². The summed E-state index contributed by atoms with van der Waals surface area (Å²) in [7, 11) is -2.53. The molecule has 1 heterocycles. The summed E-state index contributed by atoms with van der Waals surface area (Å²) in [5.41, 5.74) is 0.345. The van der Waals surface area contributed by atoms with Crippen LogP contribution < -0.4 is 18.9 Å². The fourth-order valence-electron chi connectivity index (χ4n) is 2.25. The van der Waals surface area contributed by atoms with Gasteiger partial charge in [-0.05, 0) is 40.2 Å². The van der Waals surface area contributed by atoms with E-state index in [1.165, 1.54) is 13.2 Å². The average molecular weight is 435 g/mol. The number of nitrogens with one attached hydrogen (secondary N) is 1. The van der Waals surface area contributed by atoms with Crippen LogP contribution in [-0.2, 0) is 10.0 Å². The molecule has 0 amide bonds. The summed E-state index contributed by atoms with van der Waals surface area (Å²) < 4.78 is 44.4. The summed E-state index contributed by atoms with van der Waals surface area (Å²) in [6.07, 6.45) is 0. The van der Waals surface area contributed by atoms with Crippen molar-refractivity contribution < 1.29 is 22.6 Å². The molecule has 0 aromatic heterocycles. The van der Waals surface area contributed by atoms with E-state index in [0.29, 0.717) is 34.9 Å². The lowest BCUT2D eigenvalue weighted by molar-refractivity contribution is 0.171. The van der Waals surface area contributed by atoms with Gasteiger partial charge in [0.05, 0.1) is 17.3 Å². The Morgan fingerprint density at radius 2 is 1.88 bits per heavy atom. The molecule has 0 unspecified atom stereocenters. The molecule has 0 fully saturated rings. The molecule has 2 aromatic carbocycles. The van der Waals surface area contributed by atoms with Gasteiger partial charge in [0.25, 0.3) is 10.0 Å². The van der Waals surface area contributed by atoms with Crippen LogP contribution in [0.15, 0.2) is 39.7 Å². The van der Waals surface area contributed by atoms with E-state index in [0.717, 1.165) is 0 Å². The molecule has 1 aliphatic heterocycles. The Kier molecular flexibility index (Phi) is 4.80. The number of hydrogen-bond acceptors (Lipinski definition) is 5. The first-order valence-corrected chi connectivity index (χ1v) is 9.51. The lowest BCUT2D eigenvalue weighted by Crippen LogP contribution is -2.17. The van der Waals surface area contributed by atoms with E-state index in [-0.39, 0.29) is 15.7 Å². The van der Waals surface area contributed by atoms with Crippen molar-refractivity contribution in [1.82, 2.24) is 0 Å². The number of rotatable bonds is 4. The molecule has 1 N–H and O–H groups in total. The first-order chi connectivity index (χ1) is 11.4. The smallest absolute Gasteiger partial charge is 0.265 e. The van der Waals surface area contributed by atoms with E-state index in [2.05, 4.69) is 20.7 Å². The van der Waals surface area contributed by atoms with Crippen molar-refractivity contribution in [2.75, 3.05) is 25.0 Å². The van der Waals surface area contributed by atoms with E-state index >= 15 is 0 Å². The maximum absolute atomic E-state index is 12.7. The maximum Gasteiger partial charge on any atom is 0.265 e. The van der Waals surface area contributed by atoms with Gasteiger partial charge >= 0.3 is 0 Å². The zero-order chi connectivity index (χ0) is 17.3. The summed E-state index contributed by atoms with van der Waals surface area (Å²) in [5.74, 6) is 1.23. The van der Waals surface area contributed by atoms with E-state index in [9.17, 15) is 8.42 Å². The van der Waals surface area contributed by atoms with Crippen LogP contribution in [0, 0.1) is 0 Å². The van der Waals surface area contributed by atoms with E-state index in [1.54, 1.807) is 24.3 Å². The highest BCUT2D eigenvalue weighted by Gasteiger charge is 2.23. The van der Waals surface area contributed by atoms with Gasteiger partial charge in [0.15, 0.2) is 17.2 Å². The number of methoxy groups -OCH3 is 1. The summed E-state index contributed by atoms with van der Waals surface area (Å²) in [5, 5.41) is 0.269. The Bertz CT molecular complexity index is 888. The first kappa shape index (κ1) is 17.2. The zero-order valence-corrected chi connectivity index (χ0v) is 15.7. The number of benzene rings is 2. The molecule has 1 aliphatic rings. The van der Waals surface area contributed by atoms with Crippen molar-refractivity contribution in [3.8, 4) is 17.2 Å². The van der Waals surface area contributed by atoms with E-state index < -0.39 is 10.0 Å². The van der Waals surface area contributed by atoms with Crippen molar-refractivity contribution >= 4 is 43.2 Å². The van der Waals surface area contributed by atoms with Crippen molar-refractivity contribution in [1.29, 1.82) is 0 Å². The molecule has 128 valence electrons. The molecule has 0 saturated carbocycles. The predicted molar refractivity (Wildman–Crippen MR) is 93.9 cm³/mol. The van der Waals surface area contributed by atoms with Gasteiger partial charge in [0.2, 0.25) is 0 Å². The van der Waals surface area contributed by atoms with Gasteiger partial charge < -0.3 is 14.2 Å². The van der Waals surface area contributed by atoms with Crippen LogP contribution in [0.1, 0.15) is 0 Å². The molecule has 0 radical (unpaired) electrons. The number of fused-ring (bicyclic) bond motifs is 1.